The molecule has 0 heteroatoms. The molecule has 0 amide bonds. The third kappa shape index (κ3) is 2.91. The highest BCUT2D eigenvalue weighted by atomic mass is 14.4. The molecule has 0 fully saturated rings. The van der Waals surface area contributed by atoms with E-state index in [4.69, 9.17) is 0 Å². The van der Waals surface area contributed by atoms with E-state index in [-0.39, 0.29) is 5.41 Å². The summed E-state index contributed by atoms with van der Waals surface area (Å²) in [6, 6.07) is 22.5. The van der Waals surface area contributed by atoms with Crippen molar-refractivity contribution >= 4 is 32.7 Å². The highest BCUT2D eigenvalue weighted by molar-refractivity contribution is 6.18. The van der Waals surface area contributed by atoms with E-state index in [1.54, 1.807) is 0 Å². The summed E-state index contributed by atoms with van der Waals surface area (Å²) in [7, 11) is 0. The van der Waals surface area contributed by atoms with Gasteiger partial charge < -0.3 is 0 Å². The van der Waals surface area contributed by atoms with E-state index in [2.05, 4.69) is 114 Å². The van der Waals surface area contributed by atoms with Crippen LogP contribution in [0.25, 0.3) is 43.8 Å². The van der Waals surface area contributed by atoms with Crippen molar-refractivity contribution in [2.45, 2.75) is 33.1 Å². The molecule has 0 radical (unpaired) electrons. The fourth-order valence-electron chi connectivity index (χ4n) is 5.72. The smallest absolute Gasteiger partial charge is 0.0159 e. The Morgan fingerprint density at radius 3 is 1.70 bits per heavy atom. The van der Waals surface area contributed by atoms with Crippen molar-refractivity contribution in [1.82, 2.24) is 0 Å². The van der Waals surface area contributed by atoms with Crippen LogP contribution in [0.5, 0.6) is 0 Å². The molecule has 0 saturated heterocycles. The lowest BCUT2D eigenvalue weighted by atomic mass is 9.79. The van der Waals surface area contributed by atoms with Crippen LogP contribution in [0.2, 0.25) is 0 Å². The van der Waals surface area contributed by atoms with Crippen LogP contribution in [-0.4, -0.2) is 0 Å². The van der Waals surface area contributed by atoms with E-state index in [0.29, 0.717) is 0 Å². The van der Waals surface area contributed by atoms with Gasteiger partial charge in [0, 0.05) is 5.41 Å². The molecular weight excluding hydrogens is 396 g/mol. The molecule has 0 saturated carbocycles. The summed E-state index contributed by atoms with van der Waals surface area (Å²) in [5.41, 5.74) is 10.3. The molecule has 0 heterocycles. The lowest BCUT2D eigenvalue weighted by Gasteiger charge is -2.24. The normalized spacial score (nSPS) is 14.9. The van der Waals surface area contributed by atoms with Crippen molar-refractivity contribution in [3.8, 4) is 11.1 Å². The zero-order chi connectivity index (χ0) is 23.3. The van der Waals surface area contributed by atoms with Crippen molar-refractivity contribution in [3.05, 3.63) is 120 Å². The fraction of sp³-hybridized carbons (Fsp3) is 0.152. The van der Waals surface area contributed by atoms with Gasteiger partial charge in [0.15, 0.2) is 0 Å². The first-order chi connectivity index (χ1) is 16.0. The molecule has 162 valence electrons. The van der Waals surface area contributed by atoms with Crippen LogP contribution in [0.4, 0.5) is 0 Å². The lowest BCUT2D eigenvalue weighted by Crippen LogP contribution is -2.15. The molecule has 0 nitrogen and oxygen atoms in total. The lowest BCUT2D eigenvalue weighted by molar-refractivity contribution is 0.661. The standard InChI is InChI=1S/C33H30/c1-7-21(8-2)31-24-16-11-12-17-25(24)32(22(9-3)10-4)28-20-30-26(19-27(28)31)23-15-13-14-18-29(23)33(30,5)6/h7-20H,1,3H2,2,4-6H3/b21-8+,22-10+. The van der Waals surface area contributed by atoms with Crippen LogP contribution in [0.15, 0.2) is 98.1 Å². The Bertz CT molecular complexity index is 1520. The molecule has 0 unspecified atom stereocenters. The third-order valence-electron chi connectivity index (χ3n) is 7.37. The van der Waals surface area contributed by atoms with Gasteiger partial charge in [-0.2, -0.15) is 0 Å². The molecule has 0 aliphatic heterocycles. The van der Waals surface area contributed by atoms with Crippen molar-refractivity contribution in [2.75, 3.05) is 0 Å². The van der Waals surface area contributed by atoms with Crippen LogP contribution < -0.4 is 0 Å². The first-order valence-electron chi connectivity index (χ1n) is 11.7. The topological polar surface area (TPSA) is 0 Å². The van der Waals surface area contributed by atoms with Crippen LogP contribution in [0, 0.1) is 0 Å². The van der Waals surface area contributed by atoms with E-state index < -0.39 is 0 Å². The van der Waals surface area contributed by atoms with Crippen LogP contribution >= 0.6 is 0 Å². The Labute approximate surface area is 197 Å². The van der Waals surface area contributed by atoms with E-state index >= 15 is 0 Å². The Kier molecular flexibility index (Phi) is 4.98. The molecule has 4 aromatic rings. The average molecular weight is 427 g/mol. The Balaban J connectivity index is 2.08. The first kappa shape index (κ1) is 21.2. The second-order valence-corrected chi connectivity index (χ2v) is 9.31. The fourth-order valence-corrected chi connectivity index (χ4v) is 5.72. The number of rotatable bonds is 4. The van der Waals surface area contributed by atoms with Crippen LogP contribution in [0.1, 0.15) is 49.9 Å². The molecule has 0 N–H and O–H groups in total. The van der Waals surface area contributed by atoms with Gasteiger partial charge in [-0.25, -0.2) is 0 Å². The molecule has 0 spiro atoms. The number of fused-ring (bicyclic) bond motifs is 5. The van der Waals surface area contributed by atoms with Gasteiger partial charge in [0.1, 0.15) is 0 Å². The monoisotopic (exact) mass is 426 g/mol. The van der Waals surface area contributed by atoms with Gasteiger partial charge >= 0.3 is 0 Å². The SMILES string of the molecule is C=C/C(=C\C)c1c2ccccc2c(/C(C=C)=C/C)c2cc3c(cc12)-c1ccccc1C3(C)C. The maximum absolute atomic E-state index is 4.15. The average Bonchev–Trinajstić information content (AvgIpc) is 3.07. The van der Waals surface area contributed by atoms with E-state index in [1.165, 1.54) is 54.9 Å². The van der Waals surface area contributed by atoms with Gasteiger partial charge in [-0.3, -0.25) is 0 Å². The van der Waals surface area contributed by atoms with Gasteiger partial charge in [-0.1, -0.05) is 99.8 Å². The van der Waals surface area contributed by atoms with Crippen molar-refractivity contribution in [2.24, 2.45) is 0 Å². The number of hydrogen-bond acceptors (Lipinski definition) is 0. The molecule has 1 aliphatic carbocycles. The minimum Gasteiger partial charge on any atom is -0.0985 e. The molecule has 33 heavy (non-hydrogen) atoms. The largest absolute Gasteiger partial charge is 0.0985 e. The second-order valence-electron chi connectivity index (χ2n) is 9.31. The minimum absolute atomic E-state index is 0.0463. The summed E-state index contributed by atoms with van der Waals surface area (Å²) in [6.45, 7) is 17.2. The van der Waals surface area contributed by atoms with E-state index in [1.807, 2.05) is 12.2 Å². The Morgan fingerprint density at radius 2 is 1.15 bits per heavy atom. The summed E-state index contributed by atoms with van der Waals surface area (Å²) >= 11 is 0. The predicted molar refractivity (Wildman–Crippen MR) is 147 cm³/mol. The van der Waals surface area contributed by atoms with Gasteiger partial charge in [0.25, 0.3) is 0 Å². The van der Waals surface area contributed by atoms with E-state index in [9.17, 15) is 0 Å². The maximum atomic E-state index is 4.15. The molecule has 0 aromatic heterocycles. The molecule has 1 aliphatic rings. The summed E-state index contributed by atoms with van der Waals surface area (Å²) in [4.78, 5) is 0. The first-order valence-corrected chi connectivity index (χ1v) is 11.7. The van der Waals surface area contributed by atoms with E-state index in [0.717, 1.165) is 11.1 Å². The van der Waals surface area contributed by atoms with Gasteiger partial charge in [-0.05, 0) is 92.1 Å². The zero-order valence-electron chi connectivity index (χ0n) is 20.0. The predicted octanol–water partition coefficient (Wildman–Crippen LogP) is 9.48. The quantitative estimate of drug-likeness (QED) is 0.225. The van der Waals surface area contributed by atoms with Gasteiger partial charge in [0.2, 0.25) is 0 Å². The van der Waals surface area contributed by atoms with Crippen molar-refractivity contribution in [1.29, 1.82) is 0 Å². The minimum atomic E-state index is -0.0463. The van der Waals surface area contributed by atoms with Crippen LogP contribution in [0.3, 0.4) is 0 Å². The summed E-state index contributed by atoms with van der Waals surface area (Å²) in [5, 5.41) is 5.05. The highest BCUT2D eigenvalue weighted by Gasteiger charge is 2.36. The van der Waals surface area contributed by atoms with Crippen molar-refractivity contribution < 1.29 is 0 Å². The number of allylic oxidation sites excluding steroid dienone is 6. The Hall–Kier alpha value is -3.64. The van der Waals surface area contributed by atoms with Gasteiger partial charge in [0.05, 0.1) is 0 Å². The second kappa shape index (κ2) is 7.74. The molecule has 0 bridgehead atoms. The summed E-state index contributed by atoms with van der Waals surface area (Å²) in [5.74, 6) is 0. The summed E-state index contributed by atoms with van der Waals surface area (Å²) in [6.07, 6.45) is 8.31. The molecule has 5 rings (SSSR count). The summed E-state index contributed by atoms with van der Waals surface area (Å²) < 4.78 is 0. The van der Waals surface area contributed by atoms with Crippen LogP contribution in [-0.2, 0) is 5.41 Å². The Morgan fingerprint density at radius 1 is 0.636 bits per heavy atom. The number of hydrogen-bond donors (Lipinski definition) is 0. The maximum Gasteiger partial charge on any atom is 0.0159 e. The zero-order valence-corrected chi connectivity index (χ0v) is 20.0. The third-order valence-corrected chi connectivity index (χ3v) is 7.37. The molecular formula is C33H30. The highest BCUT2D eigenvalue weighted by Crippen LogP contribution is 2.52. The molecule has 4 aromatic carbocycles. The number of benzene rings is 4. The van der Waals surface area contributed by atoms with Crippen molar-refractivity contribution in [3.63, 3.8) is 0 Å². The molecule has 0 atom stereocenters. The van der Waals surface area contributed by atoms with Gasteiger partial charge in [-0.15, -0.1) is 0 Å².